The highest BCUT2D eigenvalue weighted by atomic mass is 19.4. The first-order valence-electron chi connectivity index (χ1n) is 4.39. The van der Waals surface area contributed by atoms with Gasteiger partial charge >= 0.3 is 6.18 Å². The molecule has 0 saturated carbocycles. The molecule has 1 rings (SSSR count). The molecular weight excluding hydrogens is 226 g/mol. The van der Waals surface area contributed by atoms with Crippen LogP contribution in [0.2, 0.25) is 0 Å². The molecule has 0 aliphatic rings. The van der Waals surface area contributed by atoms with Crippen LogP contribution in [0.1, 0.15) is 5.56 Å². The number of benzene rings is 1. The van der Waals surface area contributed by atoms with Crippen LogP contribution in [0.4, 0.5) is 23.2 Å². The van der Waals surface area contributed by atoms with Crippen molar-refractivity contribution in [2.45, 2.75) is 19.3 Å². The van der Waals surface area contributed by atoms with E-state index in [1.54, 1.807) is 19.1 Å². The minimum absolute atomic E-state index is 0.127. The molecule has 0 bridgehead atoms. The molecule has 0 radical (unpaired) electrons. The van der Waals surface area contributed by atoms with Crippen LogP contribution in [0.5, 0.6) is 0 Å². The van der Waals surface area contributed by atoms with Crippen molar-refractivity contribution in [3.63, 3.8) is 0 Å². The first-order valence-corrected chi connectivity index (χ1v) is 4.39. The summed E-state index contributed by atoms with van der Waals surface area (Å²) in [6, 6.07) is 5.99. The summed E-state index contributed by atoms with van der Waals surface area (Å²) >= 11 is 0. The van der Waals surface area contributed by atoms with Crippen molar-refractivity contribution in [3.8, 4) is 0 Å². The standard InChI is InChI=1S/C10H9F4NO/c1-6-2-4-7(5-3-6)15-9(16)8(11)10(12,13)14/h2-5,8H,1H3,(H,15,16)/t8-/m1/s1. The Labute approximate surface area is 89.3 Å². The molecule has 0 aliphatic heterocycles. The van der Waals surface area contributed by atoms with Gasteiger partial charge in [0.05, 0.1) is 0 Å². The van der Waals surface area contributed by atoms with E-state index in [4.69, 9.17) is 0 Å². The molecule has 1 amide bonds. The normalized spacial score (nSPS) is 13.3. The number of amides is 1. The molecule has 0 aliphatic carbocycles. The Balaban J connectivity index is 2.68. The lowest BCUT2D eigenvalue weighted by Crippen LogP contribution is -2.36. The number of hydrogen-bond acceptors (Lipinski definition) is 1. The van der Waals surface area contributed by atoms with Gasteiger partial charge in [-0.05, 0) is 19.1 Å². The summed E-state index contributed by atoms with van der Waals surface area (Å²) in [5.41, 5.74) is 1.01. The molecule has 1 atom stereocenters. The first-order chi connectivity index (χ1) is 7.30. The Morgan fingerprint density at radius 3 is 2.19 bits per heavy atom. The van der Waals surface area contributed by atoms with E-state index in [1.165, 1.54) is 12.1 Å². The summed E-state index contributed by atoms with van der Waals surface area (Å²) in [6.45, 7) is 1.78. The van der Waals surface area contributed by atoms with Gasteiger partial charge in [0.15, 0.2) is 0 Å². The summed E-state index contributed by atoms with van der Waals surface area (Å²) in [6.07, 6.45) is -8.68. The molecule has 0 heterocycles. The van der Waals surface area contributed by atoms with Gasteiger partial charge in [0.25, 0.3) is 12.1 Å². The van der Waals surface area contributed by atoms with Gasteiger partial charge in [0.1, 0.15) is 0 Å². The highest BCUT2D eigenvalue weighted by molar-refractivity contribution is 5.94. The number of alkyl halides is 4. The lowest BCUT2D eigenvalue weighted by molar-refractivity contribution is -0.183. The number of carbonyl (C=O) groups is 1. The van der Waals surface area contributed by atoms with Crippen molar-refractivity contribution < 1.29 is 22.4 Å². The van der Waals surface area contributed by atoms with Crippen molar-refractivity contribution in [1.82, 2.24) is 0 Å². The molecule has 1 aromatic rings. The minimum atomic E-state index is -5.17. The number of anilines is 1. The van der Waals surface area contributed by atoms with E-state index in [0.717, 1.165) is 5.56 Å². The van der Waals surface area contributed by atoms with Gasteiger partial charge in [-0.15, -0.1) is 0 Å². The van der Waals surface area contributed by atoms with Gasteiger partial charge in [0, 0.05) is 5.69 Å². The molecule has 0 unspecified atom stereocenters. The second kappa shape index (κ2) is 4.51. The highest BCUT2D eigenvalue weighted by Gasteiger charge is 2.45. The third-order valence-corrected chi connectivity index (χ3v) is 1.84. The fourth-order valence-electron chi connectivity index (χ4n) is 0.991. The molecule has 0 fully saturated rings. The van der Waals surface area contributed by atoms with E-state index in [-0.39, 0.29) is 5.69 Å². The maximum Gasteiger partial charge on any atom is 0.428 e. The molecule has 0 spiro atoms. The molecule has 1 N–H and O–H groups in total. The minimum Gasteiger partial charge on any atom is -0.323 e. The monoisotopic (exact) mass is 235 g/mol. The third kappa shape index (κ3) is 3.22. The smallest absolute Gasteiger partial charge is 0.323 e. The SMILES string of the molecule is Cc1ccc(NC(=O)[C@@H](F)C(F)(F)F)cc1. The summed E-state index contributed by atoms with van der Waals surface area (Å²) in [7, 11) is 0. The maximum absolute atomic E-state index is 12.5. The van der Waals surface area contributed by atoms with Gasteiger partial charge in [0.2, 0.25) is 0 Å². The zero-order valence-corrected chi connectivity index (χ0v) is 8.31. The van der Waals surface area contributed by atoms with Crippen LogP contribution in [0.25, 0.3) is 0 Å². The summed E-state index contributed by atoms with van der Waals surface area (Å²) in [5, 5.41) is 1.84. The Bertz CT molecular complexity index is 371. The fraction of sp³-hybridized carbons (Fsp3) is 0.300. The van der Waals surface area contributed by atoms with E-state index in [0.29, 0.717) is 0 Å². The first kappa shape index (κ1) is 12.5. The van der Waals surface area contributed by atoms with E-state index in [9.17, 15) is 22.4 Å². The quantitative estimate of drug-likeness (QED) is 0.784. The van der Waals surface area contributed by atoms with Gasteiger partial charge in [-0.3, -0.25) is 4.79 Å². The van der Waals surface area contributed by atoms with Crippen molar-refractivity contribution >= 4 is 11.6 Å². The lowest BCUT2D eigenvalue weighted by Gasteiger charge is -2.12. The lowest BCUT2D eigenvalue weighted by atomic mass is 10.2. The zero-order valence-electron chi connectivity index (χ0n) is 8.31. The Morgan fingerprint density at radius 1 is 1.25 bits per heavy atom. The second-order valence-electron chi connectivity index (χ2n) is 3.26. The van der Waals surface area contributed by atoms with Crippen molar-refractivity contribution in [2.24, 2.45) is 0 Å². The second-order valence-corrected chi connectivity index (χ2v) is 3.26. The number of carbonyl (C=O) groups excluding carboxylic acids is 1. The van der Waals surface area contributed by atoms with Gasteiger partial charge < -0.3 is 5.32 Å². The van der Waals surface area contributed by atoms with E-state index in [1.807, 2.05) is 5.32 Å². The van der Waals surface area contributed by atoms with Crippen LogP contribution in [0.15, 0.2) is 24.3 Å². The molecule has 0 saturated heterocycles. The fourth-order valence-corrected chi connectivity index (χ4v) is 0.991. The van der Waals surface area contributed by atoms with Crippen LogP contribution in [-0.2, 0) is 4.79 Å². The number of nitrogens with one attached hydrogen (secondary N) is 1. The average molecular weight is 235 g/mol. The van der Waals surface area contributed by atoms with Crippen LogP contribution in [0.3, 0.4) is 0 Å². The molecule has 1 aromatic carbocycles. The summed E-state index contributed by atoms with van der Waals surface area (Å²) in [4.78, 5) is 10.8. The van der Waals surface area contributed by atoms with Crippen molar-refractivity contribution in [1.29, 1.82) is 0 Å². The van der Waals surface area contributed by atoms with Crippen LogP contribution in [-0.4, -0.2) is 18.3 Å². The van der Waals surface area contributed by atoms with E-state index < -0.39 is 18.3 Å². The Kier molecular flexibility index (Phi) is 3.51. The molecule has 88 valence electrons. The van der Waals surface area contributed by atoms with Crippen LogP contribution < -0.4 is 5.32 Å². The number of halogens is 4. The average Bonchev–Trinajstić information content (AvgIpc) is 2.19. The predicted octanol–water partition coefficient (Wildman–Crippen LogP) is 2.83. The summed E-state index contributed by atoms with van der Waals surface area (Å²) < 4.78 is 48.0. The molecular formula is C10H9F4NO. The van der Waals surface area contributed by atoms with Gasteiger partial charge in [-0.1, -0.05) is 17.7 Å². The largest absolute Gasteiger partial charge is 0.428 e. The van der Waals surface area contributed by atoms with Gasteiger partial charge in [-0.2, -0.15) is 13.2 Å². The molecule has 16 heavy (non-hydrogen) atoms. The Hall–Kier alpha value is -1.59. The topological polar surface area (TPSA) is 29.1 Å². The molecule has 6 heteroatoms. The zero-order chi connectivity index (χ0) is 12.3. The highest BCUT2D eigenvalue weighted by Crippen LogP contribution is 2.24. The number of hydrogen-bond donors (Lipinski definition) is 1. The molecule has 0 aromatic heterocycles. The van der Waals surface area contributed by atoms with Crippen molar-refractivity contribution in [2.75, 3.05) is 5.32 Å². The van der Waals surface area contributed by atoms with Crippen LogP contribution >= 0.6 is 0 Å². The van der Waals surface area contributed by atoms with E-state index >= 15 is 0 Å². The Morgan fingerprint density at radius 2 is 1.75 bits per heavy atom. The van der Waals surface area contributed by atoms with Gasteiger partial charge in [-0.25, -0.2) is 4.39 Å². The number of aryl methyl sites for hydroxylation is 1. The van der Waals surface area contributed by atoms with Crippen molar-refractivity contribution in [3.05, 3.63) is 29.8 Å². The number of rotatable bonds is 2. The van der Waals surface area contributed by atoms with E-state index in [2.05, 4.69) is 0 Å². The predicted molar refractivity (Wildman–Crippen MR) is 50.8 cm³/mol. The summed E-state index contributed by atoms with van der Waals surface area (Å²) in [5.74, 6) is -1.71. The third-order valence-electron chi connectivity index (χ3n) is 1.84. The molecule has 2 nitrogen and oxygen atoms in total. The van der Waals surface area contributed by atoms with Crippen LogP contribution in [0, 0.1) is 6.92 Å². The maximum atomic E-state index is 12.5.